The average molecular weight is 256 g/mol. The molecule has 3 rings (SSSR count). The van der Waals surface area contributed by atoms with Crippen LogP contribution in [-0.2, 0) is 11.3 Å². The van der Waals surface area contributed by atoms with Gasteiger partial charge in [0.2, 0.25) is 5.91 Å². The number of amides is 1. The summed E-state index contributed by atoms with van der Waals surface area (Å²) in [5.41, 5.74) is 1.20. The number of hydrogen-bond acceptors (Lipinski definition) is 3. The Morgan fingerprint density at radius 1 is 1.37 bits per heavy atom. The SMILES string of the molecule is CC1CN(C(=O)Cn2cncn2)C1c1ccccc1. The first-order valence-corrected chi connectivity index (χ1v) is 6.42. The summed E-state index contributed by atoms with van der Waals surface area (Å²) >= 11 is 0. The van der Waals surface area contributed by atoms with Crippen LogP contribution in [0.4, 0.5) is 0 Å². The van der Waals surface area contributed by atoms with Gasteiger partial charge in [-0.3, -0.25) is 4.79 Å². The van der Waals surface area contributed by atoms with Gasteiger partial charge >= 0.3 is 0 Å². The third kappa shape index (κ3) is 2.23. The van der Waals surface area contributed by atoms with Crippen molar-refractivity contribution in [2.24, 2.45) is 5.92 Å². The molecule has 0 bridgehead atoms. The Balaban J connectivity index is 1.73. The van der Waals surface area contributed by atoms with E-state index in [1.54, 1.807) is 11.0 Å². The summed E-state index contributed by atoms with van der Waals surface area (Å²) in [5, 5.41) is 3.97. The van der Waals surface area contributed by atoms with Crippen molar-refractivity contribution in [2.75, 3.05) is 6.54 Å². The molecule has 0 saturated carbocycles. The zero-order valence-electron chi connectivity index (χ0n) is 10.8. The van der Waals surface area contributed by atoms with Crippen LogP contribution >= 0.6 is 0 Å². The largest absolute Gasteiger partial charge is 0.333 e. The fourth-order valence-electron chi connectivity index (χ4n) is 2.65. The summed E-state index contributed by atoms with van der Waals surface area (Å²) in [6.45, 7) is 3.25. The first-order chi connectivity index (χ1) is 9.25. The maximum Gasteiger partial charge on any atom is 0.244 e. The summed E-state index contributed by atoms with van der Waals surface area (Å²) in [5.74, 6) is 0.597. The van der Waals surface area contributed by atoms with Gasteiger partial charge in [0.25, 0.3) is 0 Å². The summed E-state index contributed by atoms with van der Waals surface area (Å²) in [6, 6.07) is 10.4. The van der Waals surface area contributed by atoms with Gasteiger partial charge in [-0.2, -0.15) is 5.10 Å². The molecule has 0 spiro atoms. The average Bonchev–Trinajstić information content (AvgIpc) is 2.89. The molecular weight excluding hydrogens is 240 g/mol. The van der Waals surface area contributed by atoms with E-state index in [0.717, 1.165) is 6.54 Å². The van der Waals surface area contributed by atoms with Crippen molar-refractivity contribution < 1.29 is 4.79 Å². The van der Waals surface area contributed by atoms with E-state index < -0.39 is 0 Å². The van der Waals surface area contributed by atoms with Gasteiger partial charge in [0.15, 0.2) is 0 Å². The molecule has 2 unspecified atom stereocenters. The number of nitrogens with zero attached hydrogens (tertiary/aromatic N) is 4. The number of carbonyl (C=O) groups is 1. The Bertz CT molecular complexity index is 552. The third-order valence-corrected chi connectivity index (χ3v) is 3.58. The molecule has 2 aromatic rings. The van der Waals surface area contributed by atoms with Crippen molar-refractivity contribution in [3.63, 3.8) is 0 Å². The second-order valence-electron chi connectivity index (χ2n) is 4.97. The molecular formula is C14H16N4O. The monoisotopic (exact) mass is 256 g/mol. The van der Waals surface area contributed by atoms with Gasteiger partial charge < -0.3 is 4.90 Å². The summed E-state index contributed by atoms with van der Waals surface area (Å²) < 4.78 is 1.56. The quantitative estimate of drug-likeness (QED) is 0.836. The smallest absolute Gasteiger partial charge is 0.244 e. The van der Waals surface area contributed by atoms with Gasteiger partial charge in [0.05, 0.1) is 6.04 Å². The van der Waals surface area contributed by atoms with E-state index >= 15 is 0 Å². The molecule has 1 aromatic heterocycles. The molecule has 1 amide bonds. The number of hydrogen-bond donors (Lipinski definition) is 0. The van der Waals surface area contributed by atoms with E-state index in [2.05, 4.69) is 29.1 Å². The number of likely N-dealkylation sites (tertiary alicyclic amines) is 1. The second kappa shape index (κ2) is 4.84. The standard InChI is InChI=1S/C14H16N4O/c1-11-7-18(13(19)8-17-10-15-9-16-17)14(11)12-5-3-2-4-6-12/h2-6,9-11,14H,7-8H2,1H3. The van der Waals surface area contributed by atoms with E-state index in [1.807, 2.05) is 23.1 Å². The van der Waals surface area contributed by atoms with Crippen LogP contribution in [0.25, 0.3) is 0 Å². The van der Waals surface area contributed by atoms with Gasteiger partial charge in [-0.15, -0.1) is 0 Å². The number of benzene rings is 1. The molecule has 1 fully saturated rings. The van der Waals surface area contributed by atoms with Crippen LogP contribution in [0.1, 0.15) is 18.5 Å². The maximum absolute atomic E-state index is 12.3. The van der Waals surface area contributed by atoms with Gasteiger partial charge in [-0.1, -0.05) is 37.3 Å². The van der Waals surface area contributed by atoms with E-state index in [9.17, 15) is 4.79 Å². The minimum atomic E-state index is 0.0949. The van der Waals surface area contributed by atoms with Crippen LogP contribution in [0.3, 0.4) is 0 Å². The predicted octanol–water partition coefficient (Wildman–Crippen LogP) is 1.50. The first kappa shape index (κ1) is 11.9. The lowest BCUT2D eigenvalue weighted by atomic mass is 9.84. The molecule has 1 aliphatic heterocycles. The molecule has 2 heterocycles. The fourth-order valence-corrected chi connectivity index (χ4v) is 2.65. The van der Waals surface area contributed by atoms with Crippen LogP contribution in [0.5, 0.6) is 0 Å². The summed E-state index contributed by atoms with van der Waals surface area (Å²) in [6.07, 6.45) is 3.01. The van der Waals surface area contributed by atoms with E-state index in [1.165, 1.54) is 11.9 Å². The lowest BCUT2D eigenvalue weighted by Gasteiger charge is -2.47. The summed E-state index contributed by atoms with van der Waals surface area (Å²) in [7, 11) is 0. The highest BCUT2D eigenvalue weighted by molar-refractivity contribution is 5.77. The predicted molar refractivity (Wildman–Crippen MR) is 70.1 cm³/mol. The zero-order valence-corrected chi connectivity index (χ0v) is 10.8. The number of carbonyl (C=O) groups excluding carboxylic acids is 1. The van der Waals surface area contributed by atoms with Crippen molar-refractivity contribution in [2.45, 2.75) is 19.5 Å². The highest BCUT2D eigenvalue weighted by Gasteiger charge is 2.39. The maximum atomic E-state index is 12.3. The molecule has 2 atom stereocenters. The Morgan fingerprint density at radius 3 is 2.79 bits per heavy atom. The molecule has 1 aromatic carbocycles. The molecule has 98 valence electrons. The number of aromatic nitrogens is 3. The first-order valence-electron chi connectivity index (χ1n) is 6.42. The molecule has 5 heteroatoms. The minimum absolute atomic E-state index is 0.0949. The van der Waals surface area contributed by atoms with Crippen molar-refractivity contribution in [3.05, 3.63) is 48.5 Å². The molecule has 0 N–H and O–H groups in total. The third-order valence-electron chi connectivity index (χ3n) is 3.58. The lowest BCUT2D eigenvalue weighted by molar-refractivity contribution is -0.144. The normalized spacial score (nSPS) is 22.1. The van der Waals surface area contributed by atoms with Crippen LogP contribution in [0.15, 0.2) is 43.0 Å². The zero-order chi connectivity index (χ0) is 13.2. The van der Waals surface area contributed by atoms with E-state index in [-0.39, 0.29) is 18.5 Å². The van der Waals surface area contributed by atoms with Crippen molar-refractivity contribution >= 4 is 5.91 Å². The Morgan fingerprint density at radius 2 is 2.16 bits per heavy atom. The van der Waals surface area contributed by atoms with Gasteiger partial charge in [-0.25, -0.2) is 9.67 Å². The Labute approximate surface area is 111 Å². The molecule has 0 aliphatic carbocycles. The Hall–Kier alpha value is -2.17. The lowest BCUT2D eigenvalue weighted by Crippen LogP contribution is -2.52. The summed E-state index contributed by atoms with van der Waals surface area (Å²) in [4.78, 5) is 18.0. The Kier molecular flexibility index (Phi) is 3.03. The second-order valence-corrected chi connectivity index (χ2v) is 4.97. The van der Waals surface area contributed by atoms with Crippen LogP contribution in [-0.4, -0.2) is 32.1 Å². The van der Waals surface area contributed by atoms with Gasteiger partial charge in [-0.05, 0) is 11.5 Å². The highest BCUT2D eigenvalue weighted by atomic mass is 16.2. The molecule has 1 aliphatic rings. The number of rotatable bonds is 3. The van der Waals surface area contributed by atoms with Gasteiger partial charge in [0.1, 0.15) is 19.2 Å². The topological polar surface area (TPSA) is 51.0 Å². The van der Waals surface area contributed by atoms with Crippen LogP contribution < -0.4 is 0 Å². The molecule has 5 nitrogen and oxygen atoms in total. The van der Waals surface area contributed by atoms with Crippen molar-refractivity contribution in [1.29, 1.82) is 0 Å². The minimum Gasteiger partial charge on any atom is -0.333 e. The molecule has 0 radical (unpaired) electrons. The molecule has 19 heavy (non-hydrogen) atoms. The van der Waals surface area contributed by atoms with Crippen LogP contribution in [0.2, 0.25) is 0 Å². The van der Waals surface area contributed by atoms with E-state index in [4.69, 9.17) is 0 Å². The van der Waals surface area contributed by atoms with Crippen LogP contribution in [0, 0.1) is 5.92 Å². The van der Waals surface area contributed by atoms with Crippen molar-refractivity contribution in [1.82, 2.24) is 19.7 Å². The fraction of sp³-hybridized carbons (Fsp3) is 0.357. The van der Waals surface area contributed by atoms with Crippen molar-refractivity contribution in [3.8, 4) is 0 Å². The highest BCUT2D eigenvalue weighted by Crippen LogP contribution is 2.38. The van der Waals surface area contributed by atoms with Gasteiger partial charge in [0, 0.05) is 6.54 Å². The molecule has 1 saturated heterocycles. The van der Waals surface area contributed by atoms with E-state index in [0.29, 0.717) is 5.92 Å².